The first kappa shape index (κ1) is 28.2. The summed E-state index contributed by atoms with van der Waals surface area (Å²) in [6.07, 6.45) is 2.26. The highest BCUT2D eigenvalue weighted by molar-refractivity contribution is 6.33. The molecule has 0 heterocycles. The van der Waals surface area contributed by atoms with E-state index in [9.17, 15) is 4.79 Å². The number of aryl methyl sites for hydroxylation is 1. The molecule has 3 rings (SSSR count). The van der Waals surface area contributed by atoms with Gasteiger partial charge in [-0.1, -0.05) is 49.7 Å². The second-order valence-corrected chi connectivity index (χ2v) is 8.57. The van der Waals surface area contributed by atoms with Gasteiger partial charge in [0.1, 0.15) is 12.5 Å². The fourth-order valence-electron chi connectivity index (χ4n) is 3.24. The Hall–Kier alpha value is -3.06. The lowest BCUT2D eigenvalue weighted by Gasteiger charge is -2.12. The Kier molecular flexibility index (Phi) is 12.1. The van der Waals surface area contributed by atoms with E-state index in [0.717, 1.165) is 36.2 Å². The fourth-order valence-corrected chi connectivity index (χ4v) is 3.59. The second-order valence-electron chi connectivity index (χ2n) is 8.16. The van der Waals surface area contributed by atoms with E-state index in [1.54, 1.807) is 30.3 Å². The number of nitrogen functional groups attached to an aromatic ring is 1. The maximum absolute atomic E-state index is 12.6. The van der Waals surface area contributed by atoms with Gasteiger partial charge >= 0.3 is 0 Å². The van der Waals surface area contributed by atoms with E-state index >= 15 is 0 Å². The molecule has 3 aromatic rings. The number of hydrogen-bond donors (Lipinski definition) is 4. The van der Waals surface area contributed by atoms with Crippen molar-refractivity contribution in [2.45, 2.75) is 33.6 Å². The smallest absolute Gasteiger partial charge is 0.255 e. The van der Waals surface area contributed by atoms with Crippen LogP contribution in [-0.2, 0) is 0 Å². The molecule has 0 radical (unpaired) electrons. The molecule has 0 spiro atoms. The molecule has 3 aromatic carbocycles. The predicted octanol–water partition coefficient (Wildman–Crippen LogP) is 6.10. The summed E-state index contributed by atoms with van der Waals surface area (Å²) in [5.74, 6) is 0.366. The molecule has 0 unspecified atom stereocenters. The molecule has 0 aliphatic heterocycles. The summed E-state index contributed by atoms with van der Waals surface area (Å²) in [7, 11) is 1.96. The van der Waals surface area contributed by atoms with Gasteiger partial charge in [0.05, 0.1) is 5.69 Å². The quantitative estimate of drug-likeness (QED) is 0.155. The zero-order valence-corrected chi connectivity index (χ0v) is 21.8. The van der Waals surface area contributed by atoms with E-state index < -0.39 is 0 Å². The zero-order chi connectivity index (χ0) is 25.6. The van der Waals surface area contributed by atoms with Gasteiger partial charge in [0.2, 0.25) is 0 Å². The lowest BCUT2D eigenvalue weighted by molar-refractivity contribution is 0.102. The molecule has 1 amide bonds. The number of anilines is 2. The summed E-state index contributed by atoms with van der Waals surface area (Å²) in [6.45, 7) is 8.64. The Labute approximate surface area is 214 Å². The van der Waals surface area contributed by atoms with Crippen LogP contribution in [0, 0.1) is 6.92 Å². The number of nitrogens with one attached hydrogen (secondary N) is 3. The molecule has 0 saturated carbocycles. The Morgan fingerprint density at radius 1 is 0.971 bits per heavy atom. The molecular formula is C28H37ClN4O2. The first-order valence-electron chi connectivity index (χ1n) is 11.9. The van der Waals surface area contributed by atoms with Crippen LogP contribution in [0.25, 0.3) is 11.1 Å². The molecule has 0 aliphatic rings. The summed E-state index contributed by atoms with van der Waals surface area (Å²) in [6, 6.07) is 18.5. The van der Waals surface area contributed by atoms with Crippen LogP contribution in [-0.4, -0.2) is 32.8 Å². The molecule has 0 aromatic heterocycles. The van der Waals surface area contributed by atoms with E-state index in [1.165, 1.54) is 6.42 Å². The van der Waals surface area contributed by atoms with E-state index in [2.05, 4.69) is 29.8 Å². The number of halogens is 1. The minimum Gasteiger partial charge on any atom is -0.476 e. The Morgan fingerprint density at radius 3 is 2.26 bits per heavy atom. The van der Waals surface area contributed by atoms with Crippen molar-refractivity contribution >= 4 is 28.9 Å². The molecule has 0 fully saturated rings. The number of carbonyl (C=O) groups excluding carboxylic acids is 1. The third-order valence-corrected chi connectivity index (χ3v) is 5.42. The van der Waals surface area contributed by atoms with Gasteiger partial charge in [-0.05, 0) is 87.4 Å². The number of ether oxygens (including phenoxy) is 1. The number of nitrogens with two attached hydrogens (primary N) is 1. The zero-order valence-electron chi connectivity index (χ0n) is 21.1. The molecule has 35 heavy (non-hydrogen) atoms. The van der Waals surface area contributed by atoms with Crippen LogP contribution in [0.3, 0.4) is 0 Å². The molecule has 5 N–H and O–H groups in total. The summed E-state index contributed by atoms with van der Waals surface area (Å²) < 4.78 is 5.60. The van der Waals surface area contributed by atoms with Crippen LogP contribution in [0.2, 0.25) is 5.02 Å². The average Bonchev–Trinajstić information content (AvgIpc) is 2.84. The van der Waals surface area contributed by atoms with E-state index in [-0.39, 0.29) is 5.91 Å². The molecular weight excluding hydrogens is 460 g/mol. The maximum Gasteiger partial charge on any atom is 0.255 e. The highest BCUT2D eigenvalue weighted by Gasteiger charge is 2.10. The van der Waals surface area contributed by atoms with Gasteiger partial charge in [0.25, 0.3) is 5.91 Å². The van der Waals surface area contributed by atoms with E-state index in [0.29, 0.717) is 34.4 Å². The number of benzene rings is 3. The number of amides is 1. The van der Waals surface area contributed by atoms with Crippen molar-refractivity contribution in [3.05, 3.63) is 76.8 Å². The molecule has 7 heteroatoms. The lowest BCUT2D eigenvalue weighted by atomic mass is 10.0. The van der Waals surface area contributed by atoms with Gasteiger partial charge in [-0.25, -0.2) is 0 Å². The van der Waals surface area contributed by atoms with Crippen LogP contribution in [0.4, 0.5) is 11.4 Å². The summed E-state index contributed by atoms with van der Waals surface area (Å²) >= 11 is 6.34. The lowest BCUT2D eigenvalue weighted by Crippen LogP contribution is -2.21. The van der Waals surface area contributed by atoms with Crippen molar-refractivity contribution in [2.24, 2.45) is 0 Å². The molecule has 0 aliphatic carbocycles. The molecule has 0 bridgehead atoms. The largest absolute Gasteiger partial charge is 0.476 e. The van der Waals surface area contributed by atoms with Crippen LogP contribution in [0.15, 0.2) is 60.7 Å². The standard InChI is InChI=1S/C24H26ClN3O2.C4H11N/c1-3-12-27-15-30-23-11-9-19(14-22(23)26)28-24(29)18-7-5-17(6-8-18)20-10-4-16(2)13-21(20)25;1-3-4-5-2/h4-11,13-14,27H,3,12,15,26H2,1-2H3,(H,28,29);5H,3-4H2,1-2H3. The van der Waals surface area contributed by atoms with Crippen LogP contribution < -0.4 is 26.4 Å². The summed E-state index contributed by atoms with van der Waals surface area (Å²) in [4.78, 5) is 12.6. The topological polar surface area (TPSA) is 88.4 Å². The monoisotopic (exact) mass is 496 g/mol. The molecule has 0 atom stereocenters. The highest BCUT2D eigenvalue weighted by Crippen LogP contribution is 2.29. The Balaban J connectivity index is 0.000000784. The summed E-state index contributed by atoms with van der Waals surface area (Å²) in [5.41, 5.74) is 10.7. The van der Waals surface area contributed by atoms with Crippen molar-refractivity contribution in [1.82, 2.24) is 10.6 Å². The van der Waals surface area contributed by atoms with Crippen molar-refractivity contribution in [3.63, 3.8) is 0 Å². The fraction of sp³-hybridized carbons (Fsp3) is 0.321. The Morgan fingerprint density at radius 2 is 1.69 bits per heavy atom. The SMILES string of the molecule is CCCNC.CCCNCOc1ccc(NC(=O)c2ccc(-c3ccc(C)cc3Cl)cc2)cc1N. The first-order valence-corrected chi connectivity index (χ1v) is 12.3. The van der Waals surface area contributed by atoms with Gasteiger partial charge in [-0.3, -0.25) is 10.1 Å². The normalized spacial score (nSPS) is 10.3. The van der Waals surface area contributed by atoms with Crippen molar-refractivity contribution < 1.29 is 9.53 Å². The number of rotatable bonds is 10. The number of hydrogen-bond acceptors (Lipinski definition) is 5. The van der Waals surface area contributed by atoms with Crippen LogP contribution >= 0.6 is 11.6 Å². The van der Waals surface area contributed by atoms with Gasteiger partial charge in [-0.15, -0.1) is 0 Å². The van der Waals surface area contributed by atoms with Crippen molar-refractivity contribution in [1.29, 1.82) is 0 Å². The highest BCUT2D eigenvalue weighted by atomic mass is 35.5. The van der Waals surface area contributed by atoms with E-state index in [1.807, 2.05) is 44.3 Å². The maximum atomic E-state index is 12.6. The van der Waals surface area contributed by atoms with E-state index in [4.69, 9.17) is 22.1 Å². The second kappa shape index (κ2) is 15.0. The number of carbonyl (C=O) groups is 1. The van der Waals surface area contributed by atoms with Gasteiger partial charge in [0, 0.05) is 21.8 Å². The minimum atomic E-state index is -0.214. The third kappa shape index (κ3) is 9.25. The molecule has 6 nitrogen and oxygen atoms in total. The van der Waals surface area contributed by atoms with Crippen molar-refractivity contribution in [2.75, 3.05) is 37.9 Å². The molecule has 188 valence electrons. The van der Waals surface area contributed by atoms with Gasteiger partial charge < -0.3 is 21.1 Å². The van der Waals surface area contributed by atoms with Crippen LogP contribution in [0.1, 0.15) is 42.6 Å². The van der Waals surface area contributed by atoms with Gasteiger partial charge in [-0.2, -0.15) is 0 Å². The minimum absolute atomic E-state index is 0.214. The predicted molar refractivity (Wildman–Crippen MR) is 148 cm³/mol. The van der Waals surface area contributed by atoms with Crippen molar-refractivity contribution in [3.8, 4) is 16.9 Å². The third-order valence-electron chi connectivity index (χ3n) is 5.11. The average molecular weight is 497 g/mol. The van der Waals surface area contributed by atoms with Crippen LogP contribution in [0.5, 0.6) is 5.75 Å². The Bertz CT molecular complexity index is 1070. The van der Waals surface area contributed by atoms with Gasteiger partial charge in [0.15, 0.2) is 0 Å². The summed E-state index contributed by atoms with van der Waals surface area (Å²) in [5, 5.41) is 9.72. The first-order chi connectivity index (χ1) is 16.9. The molecule has 0 saturated heterocycles.